The number of ketones is 1. The standard InChI is InChI=1S/C28H41NO21/c1-10(32)6-18(39)46-21-20(48-25(42)12(29)7-16(36)37)19(13(8-30)44-26(21)43)49-27-23(47-17(38)5-4-15(34)35)28(3,50-24(41)11(2)33)22(40)14(9-31)45-27/h10,12-14,19-23,26-27,30-32,40,43H,4-9,29H2,1-3H3,(H,34,35)(H,36,37)/t10?,12-,13+,14+,19+,20-,21+,22+,23-,26+,27+,28-/m0/s1. The zero-order chi connectivity index (χ0) is 38.1. The van der Waals surface area contributed by atoms with Gasteiger partial charge in [-0.05, 0) is 13.8 Å². The van der Waals surface area contributed by atoms with Crippen LogP contribution in [-0.2, 0) is 66.7 Å². The third kappa shape index (κ3) is 11.1. The van der Waals surface area contributed by atoms with Crippen LogP contribution in [0.5, 0.6) is 0 Å². The number of aliphatic hydroxyl groups excluding tert-OH is 5. The number of hydrogen-bond donors (Lipinski definition) is 8. The van der Waals surface area contributed by atoms with Crippen molar-refractivity contribution in [2.75, 3.05) is 13.2 Å². The summed E-state index contributed by atoms with van der Waals surface area (Å²) in [5.41, 5.74) is 3.10. The molecule has 2 aliphatic heterocycles. The van der Waals surface area contributed by atoms with E-state index in [0.29, 0.717) is 0 Å². The lowest BCUT2D eigenvalue weighted by molar-refractivity contribution is -0.369. The molecule has 0 aromatic carbocycles. The van der Waals surface area contributed by atoms with E-state index in [-0.39, 0.29) is 0 Å². The molecule has 22 heteroatoms. The fourth-order valence-electron chi connectivity index (χ4n) is 4.90. The summed E-state index contributed by atoms with van der Waals surface area (Å²) in [4.78, 5) is 84.8. The van der Waals surface area contributed by atoms with Gasteiger partial charge in [0.25, 0.3) is 0 Å². The van der Waals surface area contributed by atoms with Crippen molar-refractivity contribution in [3.05, 3.63) is 0 Å². The number of aliphatic hydroxyl groups is 5. The van der Waals surface area contributed by atoms with E-state index in [1.54, 1.807) is 0 Å². The molecule has 0 radical (unpaired) electrons. The van der Waals surface area contributed by atoms with Gasteiger partial charge in [-0.25, -0.2) is 4.79 Å². The Hall–Kier alpha value is -3.87. The van der Waals surface area contributed by atoms with Crippen LogP contribution in [0.2, 0.25) is 0 Å². The van der Waals surface area contributed by atoms with Crippen LogP contribution in [0.4, 0.5) is 0 Å². The number of nitrogens with two attached hydrogens (primary N) is 1. The maximum absolute atomic E-state index is 12.9. The van der Waals surface area contributed by atoms with Crippen molar-refractivity contribution < 1.29 is 102 Å². The largest absolute Gasteiger partial charge is 0.481 e. The number of carboxylic acids is 2. The van der Waals surface area contributed by atoms with Crippen LogP contribution in [0.1, 0.15) is 46.5 Å². The SMILES string of the molecule is CC(=O)C(=O)O[C@@]1(C)[C@H](O)[C@@H](CO)O[C@H](O[C@H]2[C@H](OC(=O)[C@@H](N)CC(=O)O)[C@@H](OC(=O)CC(C)O)[C@H](O)O[C@@H]2CO)[C@@H]1OC(=O)CCC(=O)O. The van der Waals surface area contributed by atoms with Crippen molar-refractivity contribution >= 4 is 41.6 Å². The Morgan fingerprint density at radius 3 is 1.96 bits per heavy atom. The molecule has 12 atom stereocenters. The lowest BCUT2D eigenvalue weighted by Crippen LogP contribution is -2.71. The van der Waals surface area contributed by atoms with Gasteiger partial charge in [0, 0.05) is 6.92 Å². The Kier molecular flexibility index (Phi) is 15.6. The average molecular weight is 728 g/mol. The number of carboxylic acid groups (broad SMARTS) is 2. The number of carbonyl (C=O) groups excluding carboxylic acids is 5. The van der Waals surface area contributed by atoms with Gasteiger partial charge in [0.05, 0.1) is 45.0 Å². The summed E-state index contributed by atoms with van der Waals surface area (Å²) in [5, 5.41) is 69.7. The fourth-order valence-corrected chi connectivity index (χ4v) is 4.90. The Bertz CT molecular complexity index is 1260. The molecule has 2 aliphatic rings. The van der Waals surface area contributed by atoms with Crippen molar-refractivity contribution in [1.29, 1.82) is 0 Å². The maximum Gasteiger partial charge on any atom is 0.375 e. The number of hydrogen-bond acceptors (Lipinski definition) is 20. The summed E-state index contributed by atoms with van der Waals surface area (Å²) in [7, 11) is 0. The van der Waals surface area contributed by atoms with E-state index in [9.17, 15) is 59.1 Å². The molecule has 9 N–H and O–H groups in total. The second kappa shape index (κ2) is 18.4. The van der Waals surface area contributed by atoms with Gasteiger partial charge in [-0.1, -0.05) is 0 Å². The molecule has 22 nitrogen and oxygen atoms in total. The molecule has 0 aromatic heterocycles. The average Bonchev–Trinajstić information content (AvgIpc) is 3.01. The normalized spacial score (nSPS) is 32.1. The van der Waals surface area contributed by atoms with Gasteiger partial charge in [0.2, 0.25) is 5.78 Å². The molecule has 2 heterocycles. The molecule has 2 fully saturated rings. The number of aliphatic carboxylic acids is 2. The Morgan fingerprint density at radius 2 is 1.44 bits per heavy atom. The summed E-state index contributed by atoms with van der Waals surface area (Å²) in [6, 6.07) is -1.85. The first-order valence-electron chi connectivity index (χ1n) is 15.0. The quantitative estimate of drug-likeness (QED) is 0.0396. The molecule has 0 bridgehead atoms. The van der Waals surface area contributed by atoms with Crippen molar-refractivity contribution in [2.24, 2.45) is 5.73 Å². The predicted molar refractivity (Wildman–Crippen MR) is 153 cm³/mol. The molecule has 0 amide bonds. The molecule has 0 aliphatic carbocycles. The number of esters is 4. The van der Waals surface area contributed by atoms with E-state index in [1.165, 1.54) is 6.92 Å². The first-order chi connectivity index (χ1) is 23.2. The monoisotopic (exact) mass is 727 g/mol. The van der Waals surface area contributed by atoms with Crippen LogP contribution >= 0.6 is 0 Å². The first-order valence-corrected chi connectivity index (χ1v) is 15.0. The van der Waals surface area contributed by atoms with E-state index >= 15 is 0 Å². The maximum atomic E-state index is 12.9. The van der Waals surface area contributed by atoms with E-state index in [4.69, 9.17) is 49.1 Å². The molecular weight excluding hydrogens is 686 g/mol. The topological polar surface area (TPSA) is 352 Å². The van der Waals surface area contributed by atoms with Gasteiger partial charge < -0.3 is 74.6 Å². The summed E-state index contributed by atoms with van der Waals surface area (Å²) in [6.45, 7) is 0.851. The van der Waals surface area contributed by atoms with Crippen LogP contribution in [0.15, 0.2) is 0 Å². The van der Waals surface area contributed by atoms with E-state index in [1.807, 2.05) is 0 Å². The molecule has 0 spiro atoms. The number of rotatable bonds is 17. The van der Waals surface area contributed by atoms with E-state index in [0.717, 1.165) is 13.8 Å². The van der Waals surface area contributed by atoms with Crippen molar-refractivity contribution in [2.45, 2.75) is 120 Å². The third-order valence-electron chi connectivity index (χ3n) is 7.40. The summed E-state index contributed by atoms with van der Waals surface area (Å²) >= 11 is 0. The van der Waals surface area contributed by atoms with Crippen LogP contribution in [0.3, 0.4) is 0 Å². The van der Waals surface area contributed by atoms with Crippen LogP contribution in [0, 0.1) is 0 Å². The molecule has 284 valence electrons. The zero-order valence-electron chi connectivity index (χ0n) is 27.0. The minimum absolute atomic E-state index is 0.659. The zero-order valence-corrected chi connectivity index (χ0v) is 27.0. The highest BCUT2D eigenvalue weighted by molar-refractivity contribution is 6.32. The number of Topliss-reactive ketones (excluding diaryl/α,β-unsaturated/α-hetero) is 1. The van der Waals surface area contributed by atoms with Crippen molar-refractivity contribution in [3.63, 3.8) is 0 Å². The predicted octanol–water partition coefficient (Wildman–Crippen LogP) is -4.78. The van der Waals surface area contributed by atoms with Gasteiger partial charge in [0.1, 0.15) is 30.5 Å². The lowest BCUT2D eigenvalue weighted by atomic mass is 9.85. The molecular formula is C28H41NO21. The van der Waals surface area contributed by atoms with Gasteiger partial charge in [0.15, 0.2) is 36.5 Å². The van der Waals surface area contributed by atoms with E-state index < -0.39 is 154 Å². The van der Waals surface area contributed by atoms with Crippen molar-refractivity contribution in [3.8, 4) is 0 Å². The highest BCUT2D eigenvalue weighted by atomic mass is 16.8. The summed E-state index contributed by atoms with van der Waals surface area (Å²) in [5.74, 6) is -9.66. The lowest BCUT2D eigenvalue weighted by Gasteiger charge is -2.51. The Balaban J connectivity index is 2.70. The van der Waals surface area contributed by atoms with Crippen molar-refractivity contribution in [1.82, 2.24) is 0 Å². The van der Waals surface area contributed by atoms with Gasteiger partial charge in [-0.2, -0.15) is 0 Å². The highest BCUT2D eigenvalue weighted by Gasteiger charge is 2.61. The molecule has 1 unspecified atom stereocenters. The Labute approximate surface area is 282 Å². The number of ether oxygens (including phenoxy) is 7. The second-order valence-corrected chi connectivity index (χ2v) is 11.6. The highest BCUT2D eigenvalue weighted by Crippen LogP contribution is 2.39. The van der Waals surface area contributed by atoms with E-state index in [2.05, 4.69) is 0 Å². The Morgan fingerprint density at radius 1 is 0.820 bits per heavy atom. The van der Waals surface area contributed by atoms with Crippen LogP contribution in [-0.4, -0.2) is 164 Å². The van der Waals surface area contributed by atoms with Gasteiger partial charge in [-0.15, -0.1) is 0 Å². The second-order valence-electron chi connectivity index (χ2n) is 11.6. The molecule has 0 saturated carbocycles. The molecule has 0 aromatic rings. The first kappa shape index (κ1) is 42.3. The molecule has 2 rings (SSSR count). The minimum atomic E-state index is -2.53. The number of carbonyl (C=O) groups is 7. The minimum Gasteiger partial charge on any atom is -0.481 e. The van der Waals surface area contributed by atoms with Gasteiger partial charge >= 0.3 is 35.8 Å². The third-order valence-corrected chi connectivity index (χ3v) is 7.40. The fraction of sp³-hybridized carbons (Fsp3) is 0.750. The van der Waals surface area contributed by atoms with Gasteiger partial charge in [-0.3, -0.25) is 28.8 Å². The molecule has 50 heavy (non-hydrogen) atoms. The summed E-state index contributed by atoms with van der Waals surface area (Å²) < 4.78 is 37.9. The summed E-state index contributed by atoms with van der Waals surface area (Å²) in [6.07, 6.45) is -22.7. The smallest absolute Gasteiger partial charge is 0.375 e. The van der Waals surface area contributed by atoms with Crippen LogP contribution in [0.25, 0.3) is 0 Å². The van der Waals surface area contributed by atoms with Crippen LogP contribution < -0.4 is 5.73 Å². The molecule has 2 saturated heterocycles.